The standard InChI is InChI=1S/C30H32N4O7/c1-2-41-23-11-8-20(9-12-23)24(16-28(37)38)33-29(39)21-14-27(36)34(18-21)25-15-22(10-13-26(25)35)32-30(40)31-17-19-6-4-3-5-7-19/h3-13,15,21,24,35H,2,14,16-18H2,1H3,(H,33,39)(H,37,38)(H2,31,32,40). The molecule has 11 nitrogen and oxygen atoms in total. The summed E-state index contributed by atoms with van der Waals surface area (Å²) in [6.45, 7) is 2.63. The molecule has 0 aliphatic carbocycles. The van der Waals surface area contributed by atoms with E-state index in [0.717, 1.165) is 5.56 Å². The van der Waals surface area contributed by atoms with Crippen molar-refractivity contribution in [3.63, 3.8) is 0 Å². The molecule has 3 aromatic rings. The van der Waals surface area contributed by atoms with E-state index >= 15 is 0 Å². The molecule has 1 aliphatic heterocycles. The number of hydrogen-bond donors (Lipinski definition) is 5. The van der Waals surface area contributed by atoms with Crippen molar-refractivity contribution in [2.24, 2.45) is 5.92 Å². The van der Waals surface area contributed by atoms with Crippen molar-refractivity contribution in [3.05, 3.63) is 83.9 Å². The van der Waals surface area contributed by atoms with Crippen LogP contribution in [-0.2, 0) is 20.9 Å². The summed E-state index contributed by atoms with van der Waals surface area (Å²) in [5.41, 5.74) is 2.02. The van der Waals surface area contributed by atoms with Crippen molar-refractivity contribution < 1.29 is 34.1 Å². The van der Waals surface area contributed by atoms with Gasteiger partial charge in [-0.25, -0.2) is 4.79 Å². The molecule has 0 aromatic heterocycles. The molecular weight excluding hydrogens is 528 g/mol. The number of hydrogen-bond acceptors (Lipinski definition) is 6. The van der Waals surface area contributed by atoms with E-state index < -0.39 is 29.9 Å². The molecule has 0 spiro atoms. The number of aromatic hydroxyl groups is 1. The van der Waals surface area contributed by atoms with Crippen molar-refractivity contribution in [1.29, 1.82) is 0 Å². The Morgan fingerprint density at radius 1 is 1.05 bits per heavy atom. The molecule has 1 heterocycles. The molecule has 5 N–H and O–H groups in total. The minimum absolute atomic E-state index is 0.0229. The Labute approximate surface area is 237 Å². The van der Waals surface area contributed by atoms with Crippen LogP contribution in [0.4, 0.5) is 16.2 Å². The smallest absolute Gasteiger partial charge is 0.319 e. The molecule has 4 rings (SSSR count). The Morgan fingerprint density at radius 3 is 2.46 bits per heavy atom. The Bertz CT molecular complexity index is 1400. The second-order valence-corrected chi connectivity index (χ2v) is 9.56. The van der Waals surface area contributed by atoms with Gasteiger partial charge < -0.3 is 35.8 Å². The van der Waals surface area contributed by atoms with Gasteiger partial charge in [-0.3, -0.25) is 14.4 Å². The molecule has 11 heteroatoms. The number of rotatable bonds is 11. The molecule has 1 saturated heterocycles. The van der Waals surface area contributed by atoms with Gasteiger partial charge in [0, 0.05) is 25.2 Å². The van der Waals surface area contributed by atoms with Crippen LogP contribution in [0.15, 0.2) is 72.8 Å². The number of phenols is 1. The third-order valence-corrected chi connectivity index (χ3v) is 6.60. The predicted octanol–water partition coefficient (Wildman–Crippen LogP) is 3.80. The molecular formula is C30H32N4O7. The number of aliphatic carboxylic acids is 1. The molecule has 1 aliphatic rings. The van der Waals surface area contributed by atoms with Crippen LogP contribution in [-0.4, -0.2) is 47.2 Å². The first kappa shape index (κ1) is 28.9. The largest absolute Gasteiger partial charge is 0.506 e. The highest BCUT2D eigenvalue weighted by atomic mass is 16.5. The third-order valence-electron chi connectivity index (χ3n) is 6.60. The molecule has 3 aromatic carbocycles. The van der Waals surface area contributed by atoms with Gasteiger partial charge in [-0.2, -0.15) is 0 Å². The van der Waals surface area contributed by atoms with Crippen LogP contribution in [0, 0.1) is 5.92 Å². The molecule has 0 radical (unpaired) electrons. The van der Waals surface area contributed by atoms with Gasteiger partial charge in [-0.1, -0.05) is 42.5 Å². The SMILES string of the molecule is CCOc1ccc(C(CC(=O)O)NC(=O)C2CC(=O)N(c3cc(NC(=O)NCc4ccccc4)ccc3O)C2)cc1. The van der Waals surface area contributed by atoms with Crippen LogP contribution in [0.1, 0.15) is 36.9 Å². The second-order valence-electron chi connectivity index (χ2n) is 9.56. The lowest BCUT2D eigenvalue weighted by atomic mass is 10.0. The quantitative estimate of drug-likeness (QED) is 0.223. The van der Waals surface area contributed by atoms with Gasteiger partial charge in [0.2, 0.25) is 11.8 Å². The summed E-state index contributed by atoms with van der Waals surface area (Å²) in [5, 5.41) is 28.1. The Hall–Kier alpha value is -5.06. The highest BCUT2D eigenvalue weighted by molar-refractivity contribution is 6.02. The van der Waals surface area contributed by atoms with Crippen LogP contribution in [0.25, 0.3) is 0 Å². The summed E-state index contributed by atoms with van der Waals surface area (Å²) in [6, 6.07) is 19.2. The van der Waals surface area contributed by atoms with Gasteiger partial charge >= 0.3 is 12.0 Å². The Kier molecular flexibility index (Phi) is 9.41. The number of nitrogens with zero attached hydrogens (tertiary/aromatic N) is 1. The number of ether oxygens (including phenoxy) is 1. The van der Waals surface area contributed by atoms with Crippen LogP contribution in [0.2, 0.25) is 0 Å². The minimum Gasteiger partial charge on any atom is -0.506 e. The maximum absolute atomic E-state index is 13.2. The molecule has 1 fully saturated rings. The third kappa shape index (κ3) is 7.75. The number of phenolic OH excluding ortho intramolecular Hbond substituents is 1. The summed E-state index contributed by atoms with van der Waals surface area (Å²) in [4.78, 5) is 51.2. The zero-order valence-corrected chi connectivity index (χ0v) is 22.5. The average molecular weight is 561 g/mol. The lowest BCUT2D eigenvalue weighted by Gasteiger charge is -2.21. The molecule has 214 valence electrons. The average Bonchev–Trinajstić information content (AvgIpc) is 3.35. The Morgan fingerprint density at radius 2 is 1.78 bits per heavy atom. The molecule has 0 saturated carbocycles. The fourth-order valence-corrected chi connectivity index (χ4v) is 4.57. The van der Waals surface area contributed by atoms with Gasteiger partial charge in [0.25, 0.3) is 0 Å². The number of urea groups is 1. The number of anilines is 2. The second kappa shape index (κ2) is 13.3. The van der Waals surface area contributed by atoms with Crippen LogP contribution in [0.5, 0.6) is 11.5 Å². The monoisotopic (exact) mass is 560 g/mol. The zero-order valence-electron chi connectivity index (χ0n) is 22.5. The van der Waals surface area contributed by atoms with E-state index in [-0.39, 0.29) is 36.7 Å². The van der Waals surface area contributed by atoms with E-state index in [0.29, 0.717) is 30.2 Å². The van der Waals surface area contributed by atoms with E-state index in [1.165, 1.54) is 23.1 Å². The Balaban J connectivity index is 1.41. The molecule has 2 unspecified atom stereocenters. The highest BCUT2D eigenvalue weighted by Crippen LogP contribution is 2.35. The molecule has 0 bridgehead atoms. The van der Waals surface area contributed by atoms with Crippen LogP contribution >= 0.6 is 0 Å². The van der Waals surface area contributed by atoms with E-state index in [4.69, 9.17) is 4.74 Å². The van der Waals surface area contributed by atoms with Crippen LogP contribution < -0.4 is 25.6 Å². The van der Waals surface area contributed by atoms with Gasteiger partial charge in [0.15, 0.2) is 0 Å². The number of carboxylic acid groups (broad SMARTS) is 1. The zero-order chi connectivity index (χ0) is 29.4. The summed E-state index contributed by atoms with van der Waals surface area (Å²) in [5.74, 6) is -2.29. The molecule has 2 atom stereocenters. The normalized spacial score (nSPS) is 15.2. The summed E-state index contributed by atoms with van der Waals surface area (Å²) >= 11 is 0. The summed E-state index contributed by atoms with van der Waals surface area (Å²) < 4.78 is 5.43. The van der Waals surface area contributed by atoms with Crippen molar-refractivity contribution in [3.8, 4) is 11.5 Å². The van der Waals surface area contributed by atoms with Crippen molar-refractivity contribution in [2.75, 3.05) is 23.4 Å². The van der Waals surface area contributed by atoms with Gasteiger partial charge in [-0.05, 0) is 48.4 Å². The molecule has 41 heavy (non-hydrogen) atoms. The van der Waals surface area contributed by atoms with Crippen molar-refractivity contribution in [1.82, 2.24) is 10.6 Å². The van der Waals surface area contributed by atoms with E-state index in [1.54, 1.807) is 24.3 Å². The van der Waals surface area contributed by atoms with Gasteiger partial charge in [0.05, 0.1) is 30.7 Å². The van der Waals surface area contributed by atoms with E-state index in [2.05, 4.69) is 16.0 Å². The molecule has 4 amide bonds. The maximum atomic E-state index is 13.2. The highest BCUT2D eigenvalue weighted by Gasteiger charge is 2.37. The topological polar surface area (TPSA) is 157 Å². The van der Waals surface area contributed by atoms with Gasteiger partial charge in [-0.15, -0.1) is 0 Å². The predicted molar refractivity (Wildman–Crippen MR) is 152 cm³/mol. The minimum atomic E-state index is -1.09. The van der Waals surface area contributed by atoms with E-state index in [9.17, 15) is 29.4 Å². The summed E-state index contributed by atoms with van der Waals surface area (Å²) in [7, 11) is 0. The first-order valence-corrected chi connectivity index (χ1v) is 13.2. The first-order valence-electron chi connectivity index (χ1n) is 13.2. The number of carbonyl (C=O) groups excluding carboxylic acids is 3. The maximum Gasteiger partial charge on any atom is 0.319 e. The number of amides is 4. The number of benzene rings is 3. The first-order chi connectivity index (χ1) is 19.7. The fourth-order valence-electron chi connectivity index (χ4n) is 4.57. The lowest BCUT2D eigenvalue weighted by Crippen LogP contribution is -2.36. The van der Waals surface area contributed by atoms with Gasteiger partial charge in [0.1, 0.15) is 11.5 Å². The lowest BCUT2D eigenvalue weighted by molar-refractivity contribution is -0.138. The fraction of sp³-hybridized carbons (Fsp3) is 0.267. The van der Waals surface area contributed by atoms with Crippen LogP contribution in [0.3, 0.4) is 0 Å². The number of nitrogens with one attached hydrogen (secondary N) is 3. The summed E-state index contributed by atoms with van der Waals surface area (Å²) in [6.07, 6.45) is -0.464. The van der Waals surface area contributed by atoms with Crippen molar-refractivity contribution in [2.45, 2.75) is 32.4 Å². The van der Waals surface area contributed by atoms with E-state index in [1.807, 2.05) is 37.3 Å². The van der Waals surface area contributed by atoms with Crippen molar-refractivity contribution >= 4 is 35.2 Å². The number of carbonyl (C=O) groups is 4. The number of carboxylic acids is 1.